The van der Waals surface area contributed by atoms with Gasteiger partial charge < -0.3 is 10.3 Å². The standard InChI is InChI=1S/C27H22FN5S/c1-15(2)30-18-10-17(13-29-14-18)16-6-7-23-21(11-16)27(33-32-23)24-12-20-19(4-3-5-22(20)31-24)25-8-9-26(28)34-25/h3-15,30-31H,1-2H3,(H,32,33). The normalized spacial score (nSPS) is 11.6. The number of aromatic amines is 2. The fourth-order valence-electron chi connectivity index (χ4n) is 4.37. The Morgan fingerprint density at radius 1 is 0.912 bits per heavy atom. The second-order valence-electron chi connectivity index (χ2n) is 8.65. The van der Waals surface area contributed by atoms with E-state index in [2.05, 4.69) is 63.6 Å². The van der Waals surface area contributed by atoms with Gasteiger partial charge in [-0.3, -0.25) is 10.1 Å². The number of nitrogens with zero attached hydrogens (tertiary/aromatic N) is 2. The zero-order chi connectivity index (χ0) is 23.2. The van der Waals surface area contributed by atoms with Crippen molar-refractivity contribution in [2.24, 2.45) is 0 Å². The van der Waals surface area contributed by atoms with Crippen LogP contribution in [-0.4, -0.2) is 26.2 Å². The fraction of sp³-hybridized carbons (Fsp3) is 0.111. The van der Waals surface area contributed by atoms with Crippen LogP contribution in [0, 0.1) is 5.13 Å². The number of thiophene rings is 1. The van der Waals surface area contributed by atoms with Crippen LogP contribution in [0.3, 0.4) is 0 Å². The van der Waals surface area contributed by atoms with E-state index in [4.69, 9.17) is 0 Å². The van der Waals surface area contributed by atoms with Crippen LogP contribution in [0.4, 0.5) is 10.1 Å². The molecule has 0 radical (unpaired) electrons. The van der Waals surface area contributed by atoms with E-state index < -0.39 is 0 Å². The molecule has 168 valence electrons. The van der Waals surface area contributed by atoms with E-state index in [0.29, 0.717) is 6.04 Å². The summed E-state index contributed by atoms with van der Waals surface area (Å²) in [5, 5.41) is 13.1. The Hall–Kier alpha value is -3.97. The van der Waals surface area contributed by atoms with Gasteiger partial charge in [-0.1, -0.05) is 18.2 Å². The fourth-order valence-corrected chi connectivity index (χ4v) is 5.14. The molecule has 0 aliphatic rings. The van der Waals surface area contributed by atoms with Crippen molar-refractivity contribution in [3.8, 4) is 33.0 Å². The number of fused-ring (bicyclic) bond motifs is 2. The van der Waals surface area contributed by atoms with Gasteiger partial charge in [0.25, 0.3) is 0 Å². The minimum atomic E-state index is -0.184. The first-order chi connectivity index (χ1) is 16.5. The second-order valence-corrected chi connectivity index (χ2v) is 9.68. The van der Waals surface area contributed by atoms with E-state index in [1.54, 1.807) is 0 Å². The third-order valence-electron chi connectivity index (χ3n) is 5.85. The minimum Gasteiger partial charge on any atom is -0.382 e. The predicted octanol–water partition coefficient (Wildman–Crippen LogP) is 7.46. The number of hydrogen-bond donors (Lipinski definition) is 3. The van der Waals surface area contributed by atoms with Gasteiger partial charge in [-0.15, -0.1) is 11.3 Å². The highest BCUT2D eigenvalue weighted by molar-refractivity contribution is 7.14. The van der Waals surface area contributed by atoms with Crippen LogP contribution in [0.5, 0.6) is 0 Å². The number of hydrogen-bond acceptors (Lipinski definition) is 4. The van der Waals surface area contributed by atoms with Gasteiger partial charge in [0, 0.05) is 50.7 Å². The molecular weight excluding hydrogens is 445 g/mol. The molecule has 0 bridgehead atoms. The molecule has 0 spiro atoms. The Morgan fingerprint density at radius 3 is 2.65 bits per heavy atom. The van der Waals surface area contributed by atoms with Crippen molar-refractivity contribution >= 4 is 38.8 Å². The number of pyridine rings is 1. The lowest BCUT2D eigenvalue weighted by molar-refractivity contribution is 0.657. The number of aromatic nitrogens is 4. The van der Waals surface area contributed by atoms with Gasteiger partial charge in [0.15, 0.2) is 5.13 Å². The molecule has 34 heavy (non-hydrogen) atoms. The second kappa shape index (κ2) is 8.11. The average molecular weight is 468 g/mol. The summed E-state index contributed by atoms with van der Waals surface area (Å²) in [6, 6.07) is 20.2. The maximum absolute atomic E-state index is 13.7. The van der Waals surface area contributed by atoms with Gasteiger partial charge in [0.2, 0.25) is 0 Å². The zero-order valence-corrected chi connectivity index (χ0v) is 19.5. The number of rotatable bonds is 5. The quantitative estimate of drug-likeness (QED) is 0.246. The van der Waals surface area contributed by atoms with Crippen LogP contribution in [0.1, 0.15) is 13.8 Å². The maximum Gasteiger partial charge on any atom is 0.176 e. The summed E-state index contributed by atoms with van der Waals surface area (Å²) in [7, 11) is 0. The first-order valence-electron chi connectivity index (χ1n) is 11.1. The van der Waals surface area contributed by atoms with Crippen molar-refractivity contribution in [2.75, 3.05) is 5.32 Å². The summed E-state index contributed by atoms with van der Waals surface area (Å²) >= 11 is 1.16. The van der Waals surface area contributed by atoms with Gasteiger partial charge in [-0.05, 0) is 61.9 Å². The summed E-state index contributed by atoms with van der Waals surface area (Å²) < 4.78 is 13.7. The first-order valence-corrected chi connectivity index (χ1v) is 11.9. The summed E-state index contributed by atoms with van der Waals surface area (Å²) in [5.41, 5.74) is 7.83. The molecule has 4 aromatic heterocycles. The molecule has 0 fully saturated rings. The maximum atomic E-state index is 13.7. The zero-order valence-electron chi connectivity index (χ0n) is 18.7. The molecular formula is C27H22FN5S. The minimum absolute atomic E-state index is 0.184. The molecule has 0 amide bonds. The lowest BCUT2D eigenvalue weighted by atomic mass is 10.0. The van der Waals surface area contributed by atoms with Crippen molar-refractivity contribution < 1.29 is 4.39 Å². The van der Waals surface area contributed by atoms with E-state index in [-0.39, 0.29) is 5.13 Å². The monoisotopic (exact) mass is 467 g/mol. The number of H-pyrrole nitrogens is 2. The topological polar surface area (TPSA) is 69.4 Å². The molecule has 0 saturated heterocycles. The van der Waals surface area contributed by atoms with Crippen LogP contribution in [-0.2, 0) is 0 Å². The Morgan fingerprint density at radius 2 is 1.82 bits per heavy atom. The lowest BCUT2D eigenvalue weighted by Crippen LogP contribution is -2.09. The van der Waals surface area contributed by atoms with E-state index in [9.17, 15) is 4.39 Å². The number of benzene rings is 2. The molecule has 7 heteroatoms. The Labute approximate surface area is 199 Å². The van der Waals surface area contributed by atoms with Crippen molar-refractivity contribution in [3.63, 3.8) is 0 Å². The van der Waals surface area contributed by atoms with Gasteiger partial charge in [-0.2, -0.15) is 9.49 Å². The molecule has 4 heterocycles. The van der Waals surface area contributed by atoms with Crippen LogP contribution >= 0.6 is 11.3 Å². The number of anilines is 1. The largest absolute Gasteiger partial charge is 0.382 e. The van der Waals surface area contributed by atoms with Crippen molar-refractivity contribution in [1.82, 2.24) is 20.2 Å². The van der Waals surface area contributed by atoms with Crippen LogP contribution in [0.2, 0.25) is 0 Å². The molecule has 6 rings (SSSR count). The van der Waals surface area contributed by atoms with Crippen LogP contribution in [0.25, 0.3) is 54.8 Å². The molecule has 5 nitrogen and oxygen atoms in total. The van der Waals surface area contributed by atoms with Gasteiger partial charge in [0.1, 0.15) is 5.69 Å². The summed E-state index contributed by atoms with van der Waals surface area (Å²) in [4.78, 5) is 8.82. The smallest absolute Gasteiger partial charge is 0.176 e. The lowest BCUT2D eigenvalue weighted by Gasteiger charge is -2.11. The Balaban J connectivity index is 1.45. The number of halogens is 1. The van der Waals surface area contributed by atoms with Gasteiger partial charge in [0.05, 0.1) is 16.9 Å². The molecule has 6 aromatic rings. The highest BCUT2D eigenvalue weighted by atomic mass is 32.1. The molecule has 0 aliphatic carbocycles. The molecule has 0 atom stereocenters. The summed E-state index contributed by atoms with van der Waals surface area (Å²) in [6.45, 7) is 4.22. The van der Waals surface area contributed by atoms with Crippen molar-refractivity contribution in [1.29, 1.82) is 0 Å². The molecule has 0 aliphatic heterocycles. The molecule has 0 saturated carbocycles. The van der Waals surface area contributed by atoms with Crippen LogP contribution < -0.4 is 5.32 Å². The van der Waals surface area contributed by atoms with E-state index in [1.807, 2.05) is 42.7 Å². The third-order valence-corrected chi connectivity index (χ3v) is 6.75. The third kappa shape index (κ3) is 3.64. The Kier molecular flexibility index (Phi) is 4.92. The van der Waals surface area contributed by atoms with Crippen LogP contribution in [0.15, 0.2) is 73.1 Å². The van der Waals surface area contributed by atoms with Crippen molar-refractivity contribution in [3.05, 3.63) is 78.2 Å². The SMILES string of the molecule is CC(C)Nc1cncc(-c2ccc3[nH]nc(-c4cc5c(-c6ccc(F)s6)cccc5[nH]4)c3c2)c1. The van der Waals surface area contributed by atoms with E-state index >= 15 is 0 Å². The van der Waals surface area contributed by atoms with Gasteiger partial charge in [-0.25, -0.2) is 0 Å². The Bertz CT molecular complexity index is 1640. The highest BCUT2D eigenvalue weighted by Crippen LogP contribution is 2.37. The first kappa shape index (κ1) is 20.6. The molecule has 2 aromatic carbocycles. The van der Waals surface area contributed by atoms with Crippen molar-refractivity contribution in [2.45, 2.75) is 19.9 Å². The summed E-state index contributed by atoms with van der Waals surface area (Å²) in [5.74, 6) is 0. The highest BCUT2D eigenvalue weighted by Gasteiger charge is 2.15. The predicted molar refractivity (Wildman–Crippen MR) is 139 cm³/mol. The number of nitrogens with one attached hydrogen (secondary N) is 3. The summed E-state index contributed by atoms with van der Waals surface area (Å²) in [6.07, 6.45) is 3.72. The van der Waals surface area contributed by atoms with E-state index in [1.165, 1.54) is 6.07 Å². The van der Waals surface area contributed by atoms with Gasteiger partial charge >= 0.3 is 0 Å². The van der Waals surface area contributed by atoms with E-state index in [0.717, 1.165) is 71.8 Å². The molecule has 3 N–H and O–H groups in total. The average Bonchev–Trinajstić information content (AvgIpc) is 3.55. The molecule has 0 unspecified atom stereocenters.